The number of aliphatic carboxylic acids is 1. The molecule has 1 atom stereocenters. The van der Waals surface area contributed by atoms with E-state index in [0.29, 0.717) is 18.1 Å². The van der Waals surface area contributed by atoms with E-state index in [4.69, 9.17) is 11.6 Å². The molecule has 0 bridgehead atoms. The maximum absolute atomic E-state index is 11.4. The monoisotopic (exact) mass is 304 g/mol. The third kappa shape index (κ3) is 4.55. The quantitative estimate of drug-likeness (QED) is 0.861. The van der Waals surface area contributed by atoms with E-state index < -0.39 is 11.9 Å². The molecule has 0 saturated carbocycles. The van der Waals surface area contributed by atoms with Crippen molar-refractivity contribution in [2.75, 3.05) is 6.54 Å². The van der Waals surface area contributed by atoms with Crippen LogP contribution in [0.5, 0.6) is 0 Å². The van der Waals surface area contributed by atoms with Gasteiger partial charge in [0, 0.05) is 23.8 Å². The summed E-state index contributed by atoms with van der Waals surface area (Å²) in [5.74, 6) is -1.46. The zero-order valence-electron chi connectivity index (χ0n) is 11.7. The summed E-state index contributed by atoms with van der Waals surface area (Å²) >= 11 is 5.82. The highest BCUT2D eigenvalue weighted by molar-refractivity contribution is 6.30. The number of carboxylic acids is 1. The third-order valence-electron chi connectivity index (χ3n) is 3.17. The van der Waals surface area contributed by atoms with Crippen LogP contribution < -0.4 is 5.32 Å². The summed E-state index contributed by atoms with van der Waals surface area (Å²) in [5.41, 5.74) is 2.58. The zero-order valence-corrected chi connectivity index (χ0v) is 12.5. The van der Waals surface area contributed by atoms with E-state index >= 15 is 0 Å². The summed E-state index contributed by atoms with van der Waals surface area (Å²) in [4.78, 5) is 15.8. The van der Waals surface area contributed by atoms with E-state index in [2.05, 4.69) is 10.3 Å². The minimum atomic E-state index is -0.859. The Hall–Kier alpha value is -1.91. The van der Waals surface area contributed by atoms with Gasteiger partial charge in [-0.15, -0.1) is 0 Å². The molecular weight excluding hydrogens is 288 g/mol. The van der Waals surface area contributed by atoms with Crippen molar-refractivity contribution < 1.29 is 9.90 Å². The molecule has 0 fully saturated rings. The largest absolute Gasteiger partial charge is 0.481 e. The Kier molecular flexibility index (Phi) is 5.31. The lowest BCUT2D eigenvalue weighted by Crippen LogP contribution is -2.26. The summed E-state index contributed by atoms with van der Waals surface area (Å²) in [7, 11) is 0. The molecule has 2 rings (SSSR count). The molecular formula is C16H17ClN2O2. The number of carbonyl (C=O) groups is 1. The summed E-state index contributed by atoms with van der Waals surface area (Å²) in [6, 6.07) is 12.7. The lowest BCUT2D eigenvalue weighted by atomic mass is 9.99. The first-order chi connectivity index (χ1) is 10.1. The Morgan fingerprint density at radius 3 is 2.62 bits per heavy atom. The van der Waals surface area contributed by atoms with Gasteiger partial charge < -0.3 is 10.4 Å². The summed E-state index contributed by atoms with van der Waals surface area (Å²) < 4.78 is 0. The van der Waals surface area contributed by atoms with Crippen LogP contribution >= 0.6 is 11.6 Å². The molecule has 1 aromatic heterocycles. The minimum Gasteiger partial charge on any atom is -0.481 e. The van der Waals surface area contributed by atoms with Crippen molar-refractivity contribution in [3.8, 4) is 0 Å². The average Bonchev–Trinajstić information content (AvgIpc) is 2.45. The van der Waals surface area contributed by atoms with E-state index in [1.807, 2.05) is 25.1 Å². The van der Waals surface area contributed by atoms with Crippen molar-refractivity contribution in [1.82, 2.24) is 10.3 Å². The van der Waals surface area contributed by atoms with E-state index in [0.717, 1.165) is 17.0 Å². The van der Waals surface area contributed by atoms with Gasteiger partial charge in [0.1, 0.15) is 0 Å². The topological polar surface area (TPSA) is 62.2 Å². The van der Waals surface area contributed by atoms with Gasteiger partial charge in [-0.2, -0.15) is 0 Å². The molecule has 0 saturated heterocycles. The fourth-order valence-electron chi connectivity index (χ4n) is 2.09. The Morgan fingerprint density at radius 1 is 1.29 bits per heavy atom. The van der Waals surface area contributed by atoms with Crippen LogP contribution in [-0.2, 0) is 11.3 Å². The van der Waals surface area contributed by atoms with Crippen LogP contribution in [0, 0.1) is 6.92 Å². The van der Waals surface area contributed by atoms with E-state index in [-0.39, 0.29) is 0 Å². The van der Waals surface area contributed by atoms with Gasteiger partial charge in [-0.25, -0.2) is 0 Å². The van der Waals surface area contributed by atoms with Crippen molar-refractivity contribution in [1.29, 1.82) is 0 Å². The number of halogens is 1. The molecule has 0 amide bonds. The van der Waals surface area contributed by atoms with Gasteiger partial charge in [-0.1, -0.05) is 29.8 Å². The summed E-state index contributed by atoms with van der Waals surface area (Å²) in [5, 5.41) is 13.1. The number of nitrogens with zero attached hydrogens (tertiary/aromatic N) is 1. The van der Waals surface area contributed by atoms with Crippen molar-refractivity contribution in [3.05, 3.63) is 64.4 Å². The predicted octanol–water partition coefficient (Wildman–Crippen LogP) is 3.00. The molecule has 1 unspecified atom stereocenters. The number of carboxylic acid groups (broad SMARTS) is 1. The number of hydrogen-bond acceptors (Lipinski definition) is 3. The Labute approximate surface area is 128 Å². The van der Waals surface area contributed by atoms with Crippen molar-refractivity contribution in [3.63, 3.8) is 0 Å². The standard InChI is InChI=1S/C16H17ClN2O2/c1-11-3-2-4-14(19-11)9-18-10-15(16(20)21)12-5-7-13(17)8-6-12/h2-8,15,18H,9-10H2,1H3,(H,20,21). The summed E-state index contributed by atoms with van der Waals surface area (Å²) in [6.45, 7) is 2.81. The lowest BCUT2D eigenvalue weighted by Gasteiger charge is -2.14. The first kappa shape index (κ1) is 15.5. The molecule has 0 aliphatic heterocycles. The van der Waals surface area contributed by atoms with E-state index in [1.54, 1.807) is 24.3 Å². The highest BCUT2D eigenvalue weighted by atomic mass is 35.5. The van der Waals surface area contributed by atoms with Crippen LogP contribution in [0.3, 0.4) is 0 Å². The third-order valence-corrected chi connectivity index (χ3v) is 3.42. The fourth-order valence-corrected chi connectivity index (χ4v) is 2.21. The lowest BCUT2D eigenvalue weighted by molar-refractivity contribution is -0.138. The second-order valence-corrected chi connectivity index (χ2v) is 5.28. The zero-order chi connectivity index (χ0) is 15.2. The van der Waals surface area contributed by atoms with Gasteiger partial charge in [0.05, 0.1) is 11.6 Å². The van der Waals surface area contributed by atoms with Crippen LogP contribution in [0.1, 0.15) is 22.9 Å². The average molecular weight is 305 g/mol. The molecule has 4 nitrogen and oxygen atoms in total. The maximum Gasteiger partial charge on any atom is 0.312 e. The number of rotatable bonds is 6. The molecule has 21 heavy (non-hydrogen) atoms. The number of hydrogen-bond donors (Lipinski definition) is 2. The number of pyridine rings is 1. The second-order valence-electron chi connectivity index (χ2n) is 4.84. The van der Waals surface area contributed by atoms with Crippen molar-refractivity contribution in [2.45, 2.75) is 19.4 Å². The van der Waals surface area contributed by atoms with Crippen LogP contribution in [0.4, 0.5) is 0 Å². The van der Waals surface area contributed by atoms with E-state index in [1.165, 1.54) is 0 Å². The number of aromatic nitrogens is 1. The van der Waals surface area contributed by atoms with Gasteiger partial charge in [-0.3, -0.25) is 9.78 Å². The van der Waals surface area contributed by atoms with Crippen molar-refractivity contribution in [2.24, 2.45) is 0 Å². The first-order valence-electron chi connectivity index (χ1n) is 6.68. The highest BCUT2D eigenvalue weighted by Crippen LogP contribution is 2.18. The molecule has 0 aliphatic rings. The molecule has 2 aromatic rings. The van der Waals surface area contributed by atoms with E-state index in [9.17, 15) is 9.90 Å². The minimum absolute atomic E-state index is 0.340. The fraction of sp³-hybridized carbons (Fsp3) is 0.250. The number of nitrogens with one attached hydrogen (secondary N) is 1. The molecule has 0 radical (unpaired) electrons. The van der Waals surface area contributed by atoms with Crippen LogP contribution in [0.15, 0.2) is 42.5 Å². The van der Waals surface area contributed by atoms with Gasteiger partial charge in [-0.05, 0) is 36.8 Å². The molecule has 1 heterocycles. The van der Waals surface area contributed by atoms with Gasteiger partial charge >= 0.3 is 5.97 Å². The highest BCUT2D eigenvalue weighted by Gasteiger charge is 2.19. The SMILES string of the molecule is Cc1cccc(CNCC(C(=O)O)c2ccc(Cl)cc2)n1. The Morgan fingerprint density at radius 2 is 2.00 bits per heavy atom. The molecule has 2 N–H and O–H groups in total. The molecule has 5 heteroatoms. The molecule has 1 aromatic carbocycles. The van der Waals surface area contributed by atoms with Gasteiger partial charge in [0.2, 0.25) is 0 Å². The normalized spacial score (nSPS) is 12.1. The van der Waals surface area contributed by atoms with Crippen LogP contribution in [0.2, 0.25) is 5.02 Å². The predicted molar refractivity (Wildman–Crippen MR) is 82.5 cm³/mol. The van der Waals surface area contributed by atoms with Crippen LogP contribution in [0.25, 0.3) is 0 Å². The maximum atomic E-state index is 11.4. The van der Waals surface area contributed by atoms with Gasteiger partial charge in [0.25, 0.3) is 0 Å². The van der Waals surface area contributed by atoms with Gasteiger partial charge in [0.15, 0.2) is 0 Å². The number of benzene rings is 1. The molecule has 110 valence electrons. The Bertz CT molecular complexity index is 614. The number of aryl methyl sites for hydroxylation is 1. The first-order valence-corrected chi connectivity index (χ1v) is 7.05. The Balaban J connectivity index is 1.98. The smallest absolute Gasteiger partial charge is 0.312 e. The summed E-state index contributed by atoms with van der Waals surface area (Å²) in [6.07, 6.45) is 0. The molecule has 0 spiro atoms. The van der Waals surface area contributed by atoms with Crippen LogP contribution in [-0.4, -0.2) is 22.6 Å². The van der Waals surface area contributed by atoms with Crippen molar-refractivity contribution >= 4 is 17.6 Å². The molecule has 0 aliphatic carbocycles. The second kappa shape index (κ2) is 7.20.